The molecule has 2 heterocycles. The molecule has 0 radical (unpaired) electrons. The van der Waals surface area contributed by atoms with Gasteiger partial charge < -0.3 is 4.42 Å². The Balaban J connectivity index is 1.70. The fourth-order valence-electron chi connectivity index (χ4n) is 4.07. The van der Waals surface area contributed by atoms with E-state index in [0.717, 1.165) is 39.8 Å². The first-order valence-corrected chi connectivity index (χ1v) is 10.2. The van der Waals surface area contributed by atoms with Gasteiger partial charge in [-0.2, -0.15) is 0 Å². The van der Waals surface area contributed by atoms with Gasteiger partial charge in [0.1, 0.15) is 11.2 Å². The highest BCUT2D eigenvalue weighted by Crippen LogP contribution is 2.37. The number of aromatic nitrogens is 1. The van der Waals surface area contributed by atoms with Crippen molar-refractivity contribution in [2.75, 3.05) is 0 Å². The highest BCUT2D eigenvalue weighted by molar-refractivity contribution is 6.10. The van der Waals surface area contributed by atoms with E-state index in [0.29, 0.717) is 5.92 Å². The maximum Gasteiger partial charge on any atom is 0.144 e. The Morgan fingerprint density at radius 3 is 2.31 bits per heavy atom. The smallest absolute Gasteiger partial charge is 0.144 e. The molecule has 0 amide bonds. The fourth-order valence-corrected chi connectivity index (χ4v) is 4.07. The standard InChI is InChI=1S/C27H23NO/c1-18(2)16-21-10-6-11-22-23-12-7-13-24(27(23)29-26(21)22)25-17-20(14-15-28-25)19-8-4-3-5-9-19/h3-15,17-18H,16H2,1-2H3. The van der Waals surface area contributed by atoms with Crippen LogP contribution in [-0.2, 0) is 6.42 Å². The molecule has 0 bridgehead atoms. The van der Waals surface area contributed by atoms with E-state index in [-0.39, 0.29) is 0 Å². The molecule has 0 N–H and O–H groups in total. The average Bonchev–Trinajstić information content (AvgIpc) is 3.14. The normalized spacial score (nSPS) is 11.6. The van der Waals surface area contributed by atoms with E-state index in [1.165, 1.54) is 16.5 Å². The van der Waals surface area contributed by atoms with E-state index in [1.807, 2.05) is 12.3 Å². The van der Waals surface area contributed by atoms with Crippen LogP contribution in [0.3, 0.4) is 0 Å². The molecule has 5 aromatic rings. The lowest BCUT2D eigenvalue weighted by Gasteiger charge is -2.06. The second kappa shape index (κ2) is 7.21. The van der Waals surface area contributed by atoms with Gasteiger partial charge in [-0.15, -0.1) is 0 Å². The zero-order valence-electron chi connectivity index (χ0n) is 16.7. The van der Waals surface area contributed by atoms with Crippen molar-refractivity contribution in [1.82, 2.24) is 4.98 Å². The van der Waals surface area contributed by atoms with Crippen LogP contribution in [0.25, 0.3) is 44.3 Å². The van der Waals surface area contributed by atoms with Gasteiger partial charge in [-0.3, -0.25) is 4.98 Å². The molecule has 2 heteroatoms. The average molecular weight is 377 g/mol. The first-order valence-electron chi connectivity index (χ1n) is 10.2. The third kappa shape index (κ3) is 3.21. The van der Waals surface area contributed by atoms with Crippen molar-refractivity contribution in [1.29, 1.82) is 0 Å². The number of rotatable bonds is 4. The van der Waals surface area contributed by atoms with Crippen molar-refractivity contribution in [3.8, 4) is 22.4 Å². The summed E-state index contributed by atoms with van der Waals surface area (Å²) in [6, 6.07) is 27.4. The van der Waals surface area contributed by atoms with Gasteiger partial charge in [0.05, 0.1) is 5.69 Å². The van der Waals surface area contributed by atoms with Crippen LogP contribution in [-0.4, -0.2) is 4.98 Å². The molecule has 0 spiro atoms. The number of para-hydroxylation sites is 2. The fraction of sp³-hybridized carbons (Fsp3) is 0.148. The number of fused-ring (bicyclic) bond motifs is 3. The minimum Gasteiger partial charge on any atom is -0.455 e. The minimum atomic E-state index is 0.581. The summed E-state index contributed by atoms with van der Waals surface area (Å²) in [7, 11) is 0. The number of furan rings is 1. The Labute approximate surface area is 170 Å². The Hall–Kier alpha value is -3.39. The molecule has 29 heavy (non-hydrogen) atoms. The molecule has 0 saturated heterocycles. The van der Waals surface area contributed by atoms with Gasteiger partial charge >= 0.3 is 0 Å². The molecule has 3 aromatic carbocycles. The summed E-state index contributed by atoms with van der Waals surface area (Å²) in [5.74, 6) is 0.581. The van der Waals surface area contributed by atoms with E-state index in [2.05, 4.69) is 91.6 Å². The van der Waals surface area contributed by atoms with E-state index in [4.69, 9.17) is 4.42 Å². The van der Waals surface area contributed by atoms with Crippen LogP contribution in [0.4, 0.5) is 0 Å². The highest BCUT2D eigenvalue weighted by Gasteiger charge is 2.16. The highest BCUT2D eigenvalue weighted by atomic mass is 16.3. The zero-order chi connectivity index (χ0) is 19.8. The molecule has 0 aliphatic heterocycles. The van der Waals surface area contributed by atoms with Crippen molar-refractivity contribution in [3.63, 3.8) is 0 Å². The summed E-state index contributed by atoms with van der Waals surface area (Å²) < 4.78 is 6.48. The Kier molecular flexibility index (Phi) is 4.40. The summed E-state index contributed by atoms with van der Waals surface area (Å²) in [5, 5.41) is 2.33. The predicted molar refractivity (Wildman–Crippen MR) is 121 cm³/mol. The molecule has 0 aliphatic carbocycles. The number of pyridine rings is 1. The lowest BCUT2D eigenvalue weighted by Crippen LogP contribution is -1.93. The van der Waals surface area contributed by atoms with E-state index >= 15 is 0 Å². The third-order valence-electron chi connectivity index (χ3n) is 5.38. The van der Waals surface area contributed by atoms with Crippen LogP contribution in [0.1, 0.15) is 19.4 Å². The quantitative estimate of drug-likeness (QED) is 0.324. The summed E-state index contributed by atoms with van der Waals surface area (Å²) in [6.07, 6.45) is 2.89. The lowest BCUT2D eigenvalue weighted by atomic mass is 9.99. The molecule has 0 atom stereocenters. The Morgan fingerprint density at radius 2 is 1.52 bits per heavy atom. The van der Waals surface area contributed by atoms with Crippen molar-refractivity contribution in [2.45, 2.75) is 20.3 Å². The number of hydrogen-bond acceptors (Lipinski definition) is 2. The maximum absolute atomic E-state index is 6.48. The maximum atomic E-state index is 6.48. The summed E-state index contributed by atoms with van der Waals surface area (Å²) in [5.41, 5.74) is 7.50. The molecule has 0 saturated carbocycles. The van der Waals surface area contributed by atoms with Crippen LogP contribution >= 0.6 is 0 Å². The second-order valence-electron chi connectivity index (χ2n) is 7.97. The molecule has 142 valence electrons. The molecule has 0 unspecified atom stereocenters. The molecule has 2 aromatic heterocycles. The molecule has 0 fully saturated rings. The first kappa shape index (κ1) is 17.7. The van der Waals surface area contributed by atoms with Crippen LogP contribution in [0.2, 0.25) is 0 Å². The van der Waals surface area contributed by atoms with E-state index in [9.17, 15) is 0 Å². The summed E-state index contributed by atoms with van der Waals surface area (Å²) in [4.78, 5) is 4.67. The van der Waals surface area contributed by atoms with Gasteiger partial charge in [-0.25, -0.2) is 0 Å². The third-order valence-corrected chi connectivity index (χ3v) is 5.38. The number of hydrogen-bond donors (Lipinski definition) is 0. The van der Waals surface area contributed by atoms with Gasteiger partial charge in [0.2, 0.25) is 0 Å². The number of benzene rings is 3. The molecule has 5 rings (SSSR count). The van der Waals surface area contributed by atoms with Crippen LogP contribution in [0.5, 0.6) is 0 Å². The monoisotopic (exact) mass is 377 g/mol. The molecule has 0 aliphatic rings. The van der Waals surface area contributed by atoms with Crippen LogP contribution in [0, 0.1) is 5.92 Å². The van der Waals surface area contributed by atoms with Gasteiger partial charge in [-0.05, 0) is 47.2 Å². The van der Waals surface area contributed by atoms with Gasteiger partial charge in [0, 0.05) is 22.5 Å². The van der Waals surface area contributed by atoms with Crippen LogP contribution in [0.15, 0.2) is 89.5 Å². The van der Waals surface area contributed by atoms with Crippen molar-refractivity contribution < 1.29 is 4.42 Å². The Bertz CT molecular complexity index is 1300. The lowest BCUT2D eigenvalue weighted by molar-refractivity contribution is 0.624. The van der Waals surface area contributed by atoms with Crippen molar-refractivity contribution in [2.24, 2.45) is 5.92 Å². The summed E-state index contributed by atoms with van der Waals surface area (Å²) >= 11 is 0. The molecular formula is C27H23NO. The van der Waals surface area contributed by atoms with Gasteiger partial charge in [0.25, 0.3) is 0 Å². The zero-order valence-corrected chi connectivity index (χ0v) is 16.7. The topological polar surface area (TPSA) is 26.0 Å². The predicted octanol–water partition coefficient (Wildman–Crippen LogP) is 7.51. The van der Waals surface area contributed by atoms with Crippen LogP contribution < -0.4 is 0 Å². The molecule has 2 nitrogen and oxygen atoms in total. The van der Waals surface area contributed by atoms with Crippen molar-refractivity contribution in [3.05, 3.63) is 90.6 Å². The molecular weight excluding hydrogens is 354 g/mol. The SMILES string of the molecule is CC(C)Cc1cccc2c1oc1c(-c3cc(-c4ccccc4)ccn3)cccc12. The van der Waals surface area contributed by atoms with E-state index < -0.39 is 0 Å². The largest absolute Gasteiger partial charge is 0.455 e. The number of nitrogens with zero attached hydrogens (tertiary/aromatic N) is 1. The van der Waals surface area contributed by atoms with Gasteiger partial charge in [-0.1, -0.05) is 74.5 Å². The van der Waals surface area contributed by atoms with Gasteiger partial charge in [0.15, 0.2) is 0 Å². The van der Waals surface area contributed by atoms with Crippen molar-refractivity contribution >= 4 is 21.9 Å². The second-order valence-corrected chi connectivity index (χ2v) is 7.97. The minimum absolute atomic E-state index is 0.581. The first-order chi connectivity index (χ1) is 14.2. The Morgan fingerprint density at radius 1 is 0.759 bits per heavy atom. The summed E-state index contributed by atoms with van der Waals surface area (Å²) in [6.45, 7) is 4.48. The van der Waals surface area contributed by atoms with E-state index in [1.54, 1.807) is 0 Å².